The number of halogens is 1. The fourth-order valence-electron chi connectivity index (χ4n) is 2.14. The van der Waals surface area contributed by atoms with Gasteiger partial charge in [0.1, 0.15) is 17.4 Å². The van der Waals surface area contributed by atoms with Crippen molar-refractivity contribution in [1.29, 1.82) is 5.26 Å². The number of hydrogen-bond acceptors (Lipinski definition) is 3. The lowest BCUT2D eigenvalue weighted by atomic mass is 9.99. The Morgan fingerprint density at radius 2 is 2.41 bits per heavy atom. The second kappa shape index (κ2) is 5.65. The van der Waals surface area contributed by atoms with Gasteiger partial charge in [-0.25, -0.2) is 4.39 Å². The maximum absolute atomic E-state index is 13.3. The average molecular weight is 233 g/mol. The largest absolute Gasteiger partial charge is 0.384 e. The average Bonchev–Trinajstić information content (AvgIpc) is 2.37. The number of nitriles is 1. The monoisotopic (exact) mass is 233 g/mol. The number of hydrogen-bond donors (Lipinski definition) is 2. The van der Waals surface area contributed by atoms with Gasteiger partial charge in [-0.3, -0.25) is 0 Å². The summed E-state index contributed by atoms with van der Waals surface area (Å²) < 4.78 is 13.3. The minimum Gasteiger partial charge on any atom is -0.384 e. The summed E-state index contributed by atoms with van der Waals surface area (Å²) in [5.41, 5.74) is 0.703. The van der Waals surface area contributed by atoms with Crippen molar-refractivity contribution < 1.29 is 4.39 Å². The third-order valence-electron chi connectivity index (χ3n) is 3.11. The molecule has 4 heteroatoms. The molecule has 1 heterocycles. The Morgan fingerprint density at radius 3 is 3.12 bits per heavy atom. The van der Waals surface area contributed by atoms with Crippen LogP contribution in [0.2, 0.25) is 0 Å². The SMILES string of the molecule is N#Cc1c(F)cccc1NCC1CCCNC1. The summed E-state index contributed by atoms with van der Waals surface area (Å²) in [6.45, 7) is 2.86. The van der Waals surface area contributed by atoms with Crippen LogP contribution in [0.3, 0.4) is 0 Å². The zero-order valence-electron chi connectivity index (χ0n) is 9.67. The molecule has 2 N–H and O–H groups in total. The van der Waals surface area contributed by atoms with Crippen LogP contribution in [0, 0.1) is 23.1 Å². The van der Waals surface area contributed by atoms with E-state index in [1.54, 1.807) is 12.1 Å². The minimum absolute atomic E-state index is 0.108. The van der Waals surface area contributed by atoms with Crippen LogP contribution in [0.25, 0.3) is 0 Å². The molecular formula is C13H16FN3. The van der Waals surface area contributed by atoms with Gasteiger partial charge in [0.05, 0.1) is 5.69 Å². The topological polar surface area (TPSA) is 47.9 Å². The molecule has 90 valence electrons. The van der Waals surface area contributed by atoms with E-state index < -0.39 is 5.82 Å². The predicted octanol–water partition coefficient (Wildman–Crippen LogP) is 2.11. The Hall–Kier alpha value is -1.60. The van der Waals surface area contributed by atoms with Gasteiger partial charge in [0.25, 0.3) is 0 Å². The predicted molar refractivity (Wildman–Crippen MR) is 65.2 cm³/mol. The van der Waals surface area contributed by atoms with Crippen molar-refractivity contribution in [3.8, 4) is 6.07 Å². The highest BCUT2D eigenvalue weighted by atomic mass is 19.1. The number of piperidine rings is 1. The van der Waals surface area contributed by atoms with Gasteiger partial charge in [-0.05, 0) is 44.0 Å². The number of anilines is 1. The third-order valence-corrected chi connectivity index (χ3v) is 3.11. The molecule has 3 nitrogen and oxygen atoms in total. The van der Waals surface area contributed by atoms with E-state index in [-0.39, 0.29) is 5.56 Å². The van der Waals surface area contributed by atoms with E-state index in [1.165, 1.54) is 18.9 Å². The lowest BCUT2D eigenvalue weighted by molar-refractivity contribution is 0.393. The fraction of sp³-hybridized carbons (Fsp3) is 0.462. The van der Waals surface area contributed by atoms with Crippen LogP contribution in [0.5, 0.6) is 0 Å². The lowest BCUT2D eigenvalue weighted by Crippen LogP contribution is -2.33. The molecule has 0 saturated carbocycles. The van der Waals surface area contributed by atoms with Gasteiger partial charge in [0.2, 0.25) is 0 Å². The first-order valence-corrected chi connectivity index (χ1v) is 5.94. The molecule has 1 saturated heterocycles. The van der Waals surface area contributed by atoms with E-state index in [9.17, 15) is 4.39 Å². The summed E-state index contributed by atoms with van der Waals surface area (Å²) in [7, 11) is 0. The van der Waals surface area contributed by atoms with E-state index in [1.807, 2.05) is 6.07 Å². The molecule has 0 amide bonds. The molecule has 1 aliphatic rings. The Labute approximate surface area is 101 Å². The highest BCUT2D eigenvalue weighted by molar-refractivity contribution is 5.57. The van der Waals surface area contributed by atoms with Crippen molar-refractivity contribution in [2.75, 3.05) is 25.0 Å². The quantitative estimate of drug-likeness (QED) is 0.840. The van der Waals surface area contributed by atoms with Gasteiger partial charge in [0.15, 0.2) is 0 Å². The van der Waals surface area contributed by atoms with E-state index in [0.29, 0.717) is 11.6 Å². The van der Waals surface area contributed by atoms with Crippen LogP contribution in [-0.4, -0.2) is 19.6 Å². The lowest BCUT2D eigenvalue weighted by Gasteiger charge is -2.23. The van der Waals surface area contributed by atoms with E-state index >= 15 is 0 Å². The first kappa shape index (κ1) is 11.9. The van der Waals surface area contributed by atoms with Crippen molar-refractivity contribution >= 4 is 5.69 Å². The standard InChI is InChI=1S/C13H16FN3/c14-12-4-1-5-13(11(12)7-15)17-9-10-3-2-6-16-8-10/h1,4-5,10,16-17H,2-3,6,8-9H2. The Balaban J connectivity index is 1.99. The van der Waals surface area contributed by atoms with Crippen LogP contribution in [0.4, 0.5) is 10.1 Å². The van der Waals surface area contributed by atoms with Crippen LogP contribution < -0.4 is 10.6 Å². The van der Waals surface area contributed by atoms with Crippen molar-refractivity contribution in [1.82, 2.24) is 5.32 Å². The van der Waals surface area contributed by atoms with Gasteiger partial charge in [-0.15, -0.1) is 0 Å². The zero-order valence-corrected chi connectivity index (χ0v) is 9.67. The first-order chi connectivity index (χ1) is 8.31. The van der Waals surface area contributed by atoms with E-state index in [0.717, 1.165) is 19.6 Å². The van der Waals surface area contributed by atoms with Gasteiger partial charge in [0, 0.05) is 6.54 Å². The van der Waals surface area contributed by atoms with E-state index in [4.69, 9.17) is 5.26 Å². The highest BCUT2D eigenvalue weighted by Crippen LogP contribution is 2.19. The molecule has 0 radical (unpaired) electrons. The Morgan fingerprint density at radius 1 is 1.53 bits per heavy atom. The van der Waals surface area contributed by atoms with Gasteiger partial charge >= 0.3 is 0 Å². The smallest absolute Gasteiger partial charge is 0.143 e. The summed E-state index contributed by atoms with van der Waals surface area (Å²) in [6.07, 6.45) is 2.36. The summed E-state index contributed by atoms with van der Waals surface area (Å²) in [4.78, 5) is 0. The van der Waals surface area contributed by atoms with E-state index in [2.05, 4.69) is 10.6 Å². The van der Waals surface area contributed by atoms with Crippen molar-refractivity contribution in [3.63, 3.8) is 0 Å². The van der Waals surface area contributed by atoms with Crippen LogP contribution >= 0.6 is 0 Å². The first-order valence-electron chi connectivity index (χ1n) is 5.94. The molecule has 0 aromatic heterocycles. The molecule has 0 spiro atoms. The third kappa shape index (κ3) is 2.95. The van der Waals surface area contributed by atoms with Crippen LogP contribution in [0.1, 0.15) is 18.4 Å². The maximum Gasteiger partial charge on any atom is 0.143 e. The molecule has 1 atom stereocenters. The van der Waals surface area contributed by atoms with Crippen molar-refractivity contribution in [2.24, 2.45) is 5.92 Å². The van der Waals surface area contributed by atoms with Gasteiger partial charge < -0.3 is 10.6 Å². The molecular weight excluding hydrogens is 217 g/mol. The highest BCUT2D eigenvalue weighted by Gasteiger charge is 2.14. The van der Waals surface area contributed by atoms with Crippen molar-refractivity contribution in [2.45, 2.75) is 12.8 Å². The summed E-state index contributed by atoms with van der Waals surface area (Å²) in [6, 6.07) is 6.58. The molecule has 1 aromatic rings. The maximum atomic E-state index is 13.3. The molecule has 17 heavy (non-hydrogen) atoms. The van der Waals surface area contributed by atoms with Gasteiger partial charge in [-0.1, -0.05) is 6.07 Å². The summed E-state index contributed by atoms with van der Waals surface area (Å²) >= 11 is 0. The number of nitrogens with one attached hydrogen (secondary N) is 2. The molecule has 1 aromatic carbocycles. The van der Waals surface area contributed by atoms with Crippen LogP contribution in [0.15, 0.2) is 18.2 Å². The second-order valence-electron chi connectivity index (χ2n) is 4.37. The molecule has 1 unspecified atom stereocenters. The number of benzene rings is 1. The number of rotatable bonds is 3. The van der Waals surface area contributed by atoms with Crippen LogP contribution in [-0.2, 0) is 0 Å². The Bertz CT molecular complexity index is 419. The summed E-state index contributed by atoms with van der Waals surface area (Å²) in [5.74, 6) is 0.0952. The molecule has 0 aliphatic carbocycles. The van der Waals surface area contributed by atoms with Gasteiger partial charge in [-0.2, -0.15) is 5.26 Å². The fourth-order valence-corrected chi connectivity index (χ4v) is 2.14. The second-order valence-corrected chi connectivity index (χ2v) is 4.37. The summed E-state index contributed by atoms with van der Waals surface area (Å²) in [5, 5.41) is 15.4. The number of nitrogens with zero attached hydrogens (tertiary/aromatic N) is 1. The zero-order chi connectivity index (χ0) is 12.1. The molecule has 0 bridgehead atoms. The molecule has 1 aliphatic heterocycles. The Kier molecular flexibility index (Phi) is 3.94. The molecule has 2 rings (SSSR count). The van der Waals surface area contributed by atoms with Crippen molar-refractivity contribution in [3.05, 3.63) is 29.6 Å². The molecule has 1 fully saturated rings. The normalized spacial score (nSPS) is 19.6. The minimum atomic E-state index is -0.459.